The second-order valence-corrected chi connectivity index (χ2v) is 8.99. The Balaban J connectivity index is 3.75. The van der Waals surface area contributed by atoms with Crippen molar-refractivity contribution in [1.29, 1.82) is 0 Å². The van der Waals surface area contributed by atoms with Crippen LogP contribution in [-0.4, -0.2) is 19.1 Å². The van der Waals surface area contributed by atoms with Gasteiger partial charge in [-0.2, -0.15) is 0 Å². The highest BCUT2D eigenvalue weighted by Gasteiger charge is 2.11. The summed E-state index contributed by atoms with van der Waals surface area (Å²) in [5, 5.41) is 0. The number of unbranched alkanes of at least 4 members (excludes halogenated alkanes) is 16. The van der Waals surface area contributed by atoms with Gasteiger partial charge >= 0.3 is 5.97 Å². The molecule has 0 radical (unpaired) electrons. The number of esters is 1. The number of hydrogen-bond acceptors (Lipinski definition) is 3. The van der Waals surface area contributed by atoms with E-state index < -0.39 is 0 Å². The first kappa shape index (κ1) is 28.4. The normalized spacial score (nSPS) is 12.2. The fraction of sp³-hybridized carbons (Fsp3) is 0.962. The molecule has 1 atom stereocenters. The Morgan fingerprint density at radius 3 is 1.31 bits per heavy atom. The van der Waals surface area contributed by atoms with Gasteiger partial charge in [-0.15, -0.1) is 0 Å². The maximum absolute atomic E-state index is 11.4. The number of nitrogens with two attached hydrogens (primary N) is 1. The van der Waals surface area contributed by atoms with Crippen LogP contribution in [0.15, 0.2) is 0 Å². The van der Waals surface area contributed by atoms with E-state index in [4.69, 9.17) is 10.5 Å². The van der Waals surface area contributed by atoms with Gasteiger partial charge in [-0.25, -0.2) is 0 Å². The molecule has 0 fully saturated rings. The van der Waals surface area contributed by atoms with Crippen LogP contribution in [0.1, 0.15) is 142 Å². The van der Waals surface area contributed by atoms with E-state index in [2.05, 4.69) is 13.8 Å². The van der Waals surface area contributed by atoms with Crippen LogP contribution >= 0.6 is 0 Å². The molecule has 0 aromatic heterocycles. The standard InChI is InChI=1S/C26H53NO2/c1-3-5-7-9-11-13-14-16-18-20-22-25(24-29-26(28)23-27)21-19-17-15-12-10-8-6-4-2/h25H,3-24,27H2,1-2H3. The van der Waals surface area contributed by atoms with Crippen molar-refractivity contribution in [3.63, 3.8) is 0 Å². The fourth-order valence-electron chi connectivity index (χ4n) is 4.07. The van der Waals surface area contributed by atoms with Gasteiger partial charge in [0.1, 0.15) is 0 Å². The molecule has 3 heteroatoms. The van der Waals surface area contributed by atoms with Crippen molar-refractivity contribution in [3.05, 3.63) is 0 Å². The van der Waals surface area contributed by atoms with Crippen molar-refractivity contribution >= 4 is 5.97 Å². The third kappa shape index (κ3) is 21.9. The monoisotopic (exact) mass is 411 g/mol. The van der Waals surface area contributed by atoms with Gasteiger partial charge < -0.3 is 10.5 Å². The topological polar surface area (TPSA) is 52.3 Å². The van der Waals surface area contributed by atoms with E-state index >= 15 is 0 Å². The van der Waals surface area contributed by atoms with Crippen molar-refractivity contribution in [2.75, 3.05) is 13.2 Å². The molecule has 0 bridgehead atoms. The van der Waals surface area contributed by atoms with Gasteiger partial charge in [0.05, 0.1) is 13.2 Å². The Morgan fingerprint density at radius 1 is 0.621 bits per heavy atom. The minimum Gasteiger partial charge on any atom is -0.464 e. The molecule has 0 aromatic rings. The highest BCUT2D eigenvalue weighted by molar-refractivity contribution is 5.71. The molecular formula is C26H53NO2. The van der Waals surface area contributed by atoms with Crippen molar-refractivity contribution in [1.82, 2.24) is 0 Å². The molecule has 174 valence electrons. The van der Waals surface area contributed by atoms with E-state index in [9.17, 15) is 4.79 Å². The Labute approximate surface area is 182 Å². The summed E-state index contributed by atoms with van der Waals surface area (Å²) in [6.07, 6.45) is 27.0. The van der Waals surface area contributed by atoms with Crippen LogP contribution in [0.4, 0.5) is 0 Å². The van der Waals surface area contributed by atoms with Gasteiger partial charge in [0.2, 0.25) is 0 Å². The fourth-order valence-corrected chi connectivity index (χ4v) is 4.07. The summed E-state index contributed by atoms with van der Waals surface area (Å²) in [4.78, 5) is 11.4. The molecule has 0 aromatic carbocycles. The number of rotatable bonds is 23. The lowest BCUT2D eigenvalue weighted by Gasteiger charge is -2.17. The molecule has 1 unspecified atom stereocenters. The summed E-state index contributed by atoms with van der Waals surface area (Å²) in [7, 11) is 0. The molecule has 29 heavy (non-hydrogen) atoms. The first-order valence-electron chi connectivity index (χ1n) is 13.1. The van der Waals surface area contributed by atoms with Crippen LogP contribution in [0.25, 0.3) is 0 Å². The SMILES string of the molecule is CCCCCCCCCCCCC(CCCCCCCCCC)COC(=O)CN. The van der Waals surface area contributed by atoms with Crippen LogP contribution in [0.3, 0.4) is 0 Å². The lowest BCUT2D eigenvalue weighted by Crippen LogP contribution is -2.21. The largest absolute Gasteiger partial charge is 0.464 e. The van der Waals surface area contributed by atoms with Gasteiger partial charge in [-0.05, 0) is 18.8 Å². The summed E-state index contributed by atoms with van der Waals surface area (Å²) >= 11 is 0. The molecule has 0 aliphatic rings. The second-order valence-electron chi connectivity index (χ2n) is 8.99. The van der Waals surface area contributed by atoms with E-state index in [-0.39, 0.29) is 12.5 Å². The number of carbonyl (C=O) groups is 1. The third-order valence-electron chi connectivity index (χ3n) is 6.08. The summed E-state index contributed by atoms with van der Waals surface area (Å²) in [5.74, 6) is 0.272. The van der Waals surface area contributed by atoms with Gasteiger partial charge in [-0.1, -0.05) is 129 Å². The number of hydrogen-bond donors (Lipinski definition) is 1. The van der Waals surface area contributed by atoms with Crippen molar-refractivity contribution in [2.45, 2.75) is 142 Å². The zero-order valence-corrected chi connectivity index (χ0v) is 20.0. The highest BCUT2D eigenvalue weighted by Crippen LogP contribution is 2.20. The smallest absolute Gasteiger partial charge is 0.319 e. The van der Waals surface area contributed by atoms with E-state index in [1.165, 1.54) is 128 Å². The van der Waals surface area contributed by atoms with E-state index in [1.807, 2.05) is 0 Å². The maximum Gasteiger partial charge on any atom is 0.319 e. The van der Waals surface area contributed by atoms with E-state index in [0.29, 0.717) is 12.5 Å². The summed E-state index contributed by atoms with van der Waals surface area (Å²) in [5.41, 5.74) is 5.38. The van der Waals surface area contributed by atoms with Gasteiger partial charge in [0.25, 0.3) is 0 Å². The molecule has 0 aliphatic heterocycles. The second kappa shape index (κ2) is 23.7. The molecule has 0 aliphatic carbocycles. The average molecular weight is 412 g/mol. The van der Waals surface area contributed by atoms with Crippen molar-refractivity contribution in [2.24, 2.45) is 11.7 Å². The molecular weight excluding hydrogens is 358 g/mol. The Kier molecular flexibility index (Phi) is 23.2. The van der Waals surface area contributed by atoms with Crippen molar-refractivity contribution < 1.29 is 9.53 Å². The third-order valence-corrected chi connectivity index (χ3v) is 6.08. The molecule has 0 amide bonds. The zero-order valence-electron chi connectivity index (χ0n) is 20.0. The van der Waals surface area contributed by atoms with Gasteiger partial charge in [-0.3, -0.25) is 4.79 Å². The van der Waals surface area contributed by atoms with E-state index in [0.717, 1.165) is 0 Å². The van der Waals surface area contributed by atoms with Gasteiger partial charge in [0, 0.05) is 0 Å². The first-order chi connectivity index (χ1) is 14.2. The summed E-state index contributed by atoms with van der Waals surface area (Å²) in [6, 6.07) is 0. The molecule has 0 saturated heterocycles. The number of carbonyl (C=O) groups excluding carboxylic acids is 1. The lowest BCUT2D eigenvalue weighted by molar-refractivity contribution is -0.143. The molecule has 0 spiro atoms. The van der Waals surface area contributed by atoms with Crippen LogP contribution < -0.4 is 5.73 Å². The van der Waals surface area contributed by atoms with Crippen LogP contribution in [0, 0.1) is 5.92 Å². The Bertz CT molecular complexity index is 333. The van der Waals surface area contributed by atoms with Gasteiger partial charge in [0.15, 0.2) is 0 Å². The maximum atomic E-state index is 11.4. The Hall–Kier alpha value is -0.570. The lowest BCUT2D eigenvalue weighted by atomic mass is 9.94. The first-order valence-corrected chi connectivity index (χ1v) is 13.1. The number of ether oxygens (including phenoxy) is 1. The molecule has 2 N–H and O–H groups in total. The predicted octanol–water partition coefficient (Wildman–Crippen LogP) is 7.95. The molecule has 0 rings (SSSR count). The van der Waals surface area contributed by atoms with E-state index in [1.54, 1.807) is 0 Å². The minimum absolute atomic E-state index is 0.00271. The van der Waals surface area contributed by atoms with Crippen molar-refractivity contribution in [3.8, 4) is 0 Å². The zero-order chi connectivity index (χ0) is 21.4. The van der Waals surface area contributed by atoms with Crippen LogP contribution in [0.5, 0.6) is 0 Å². The van der Waals surface area contributed by atoms with Crippen LogP contribution in [-0.2, 0) is 9.53 Å². The van der Waals surface area contributed by atoms with Crippen LogP contribution in [0.2, 0.25) is 0 Å². The summed E-state index contributed by atoms with van der Waals surface area (Å²) < 4.78 is 5.35. The molecule has 0 heterocycles. The average Bonchev–Trinajstić information content (AvgIpc) is 2.74. The molecule has 0 saturated carbocycles. The Morgan fingerprint density at radius 2 is 0.966 bits per heavy atom. The highest BCUT2D eigenvalue weighted by atomic mass is 16.5. The minimum atomic E-state index is -0.256. The predicted molar refractivity (Wildman–Crippen MR) is 127 cm³/mol. The quantitative estimate of drug-likeness (QED) is 0.137. The molecule has 3 nitrogen and oxygen atoms in total. The summed E-state index contributed by atoms with van der Waals surface area (Å²) in [6.45, 7) is 5.12.